The van der Waals surface area contributed by atoms with E-state index in [1.165, 1.54) is 0 Å². The van der Waals surface area contributed by atoms with Crippen LogP contribution in [0.5, 0.6) is 0 Å². The number of halogens is 2. The Kier molecular flexibility index (Phi) is 6.30. The fraction of sp³-hybridized carbons (Fsp3) is 0.471. The number of amides is 3. The van der Waals surface area contributed by atoms with Crippen molar-refractivity contribution < 1.29 is 19.1 Å². The fourth-order valence-corrected chi connectivity index (χ4v) is 3.03. The van der Waals surface area contributed by atoms with Crippen molar-refractivity contribution in [2.24, 2.45) is 0 Å². The highest BCUT2D eigenvalue weighted by atomic mass is 35.5. The highest BCUT2D eigenvalue weighted by Gasteiger charge is 2.47. The number of nitrogens with one attached hydrogen (secondary N) is 1. The summed E-state index contributed by atoms with van der Waals surface area (Å²) in [5, 5.41) is 3.51. The molecule has 136 valence electrons. The Labute approximate surface area is 156 Å². The molecule has 1 fully saturated rings. The van der Waals surface area contributed by atoms with Gasteiger partial charge < -0.3 is 10.1 Å². The minimum atomic E-state index is -0.965. The molecule has 0 saturated carbocycles. The Bertz CT molecular complexity index is 695. The van der Waals surface area contributed by atoms with E-state index in [1.54, 1.807) is 25.1 Å². The van der Waals surface area contributed by atoms with Crippen LogP contribution in [0.4, 0.5) is 4.79 Å². The quantitative estimate of drug-likeness (QED) is 0.574. The molecule has 1 saturated heterocycles. The third kappa shape index (κ3) is 4.64. The van der Waals surface area contributed by atoms with Crippen LogP contribution in [-0.2, 0) is 20.9 Å². The van der Waals surface area contributed by atoms with Crippen LogP contribution in [0, 0.1) is 0 Å². The van der Waals surface area contributed by atoms with Gasteiger partial charge in [0.05, 0.1) is 0 Å². The molecule has 1 aliphatic rings. The van der Waals surface area contributed by atoms with E-state index in [-0.39, 0.29) is 6.61 Å². The zero-order valence-electron chi connectivity index (χ0n) is 14.1. The van der Waals surface area contributed by atoms with Gasteiger partial charge in [-0.3, -0.25) is 14.5 Å². The maximum Gasteiger partial charge on any atom is 0.326 e. The first-order valence-electron chi connectivity index (χ1n) is 8.00. The standard InChI is InChI=1S/C17H20Cl2N2O4/c1-3-4-7-17(2)15(23)21(16(24)20-17)9-14(22)25-10-11-5-6-12(18)8-13(11)19/h5-6,8H,3-4,7,9-10H2,1-2H3,(H,20,24)/t17-/m0/s1. The lowest BCUT2D eigenvalue weighted by Crippen LogP contribution is -2.44. The Morgan fingerprint density at radius 3 is 2.68 bits per heavy atom. The molecule has 3 amide bonds. The second kappa shape index (κ2) is 8.06. The van der Waals surface area contributed by atoms with Crippen molar-refractivity contribution in [2.45, 2.75) is 45.3 Å². The lowest BCUT2D eigenvalue weighted by molar-refractivity contribution is -0.148. The van der Waals surface area contributed by atoms with Crippen LogP contribution in [0.1, 0.15) is 38.7 Å². The molecule has 8 heteroatoms. The summed E-state index contributed by atoms with van der Waals surface area (Å²) in [6.07, 6.45) is 2.23. The molecule has 1 N–H and O–H groups in total. The van der Waals surface area contributed by atoms with Gasteiger partial charge in [0.15, 0.2) is 0 Å². The average molecular weight is 387 g/mol. The summed E-state index contributed by atoms with van der Waals surface area (Å²) in [4.78, 5) is 37.4. The molecule has 2 rings (SSSR count). The van der Waals surface area contributed by atoms with Gasteiger partial charge in [-0.15, -0.1) is 0 Å². The van der Waals surface area contributed by atoms with E-state index < -0.39 is 30.0 Å². The fourth-order valence-electron chi connectivity index (χ4n) is 2.56. The van der Waals surface area contributed by atoms with Crippen molar-refractivity contribution in [2.75, 3.05) is 6.54 Å². The van der Waals surface area contributed by atoms with Crippen LogP contribution in [0.15, 0.2) is 18.2 Å². The number of imide groups is 1. The van der Waals surface area contributed by atoms with Gasteiger partial charge in [0.1, 0.15) is 18.7 Å². The van der Waals surface area contributed by atoms with E-state index in [0.717, 1.165) is 17.7 Å². The predicted octanol–water partition coefficient (Wildman–Crippen LogP) is 3.54. The number of unbranched alkanes of at least 4 members (excludes halogenated alkanes) is 1. The van der Waals surface area contributed by atoms with E-state index >= 15 is 0 Å². The minimum absolute atomic E-state index is 0.0639. The minimum Gasteiger partial charge on any atom is -0.459 e. The summed E-state index contributed by atoms with van der Waals surface area (Å²) in [5.74, 6) is -1.10. The highest BCUT2D eigenvalue weighted by Crippen LogP contribution is 2.24. The molecule has 0 radical (unpaired) electrons. The molecule has 1 aliphatic heterocycles. The maximum atomic E-state index is 12.4. The molecule has 1 atom stereocenters. The molecule has 0 bridgehead atoms. The van der Waals surface area contributed by atoms with Crippen molar-refractivity contribution in [1.29, 1.82) is 0 Å². The molecule has 0 aliphatic carbocycles. The normalized spacial score (nSPS) is 19.9. The zero-order valence-corrected chi connectivity index (χ0v) is 15.6. The SMILES string of the molecule is CCCC[C@]1(C)NC(=O)N(CC(=O)OCc2ccc(Cl)cc2Cl)C1=O. The van der Waals surface area contributed by atoms with Crippen LogP contribution in [-0.4, -0.2) is 34.9 Å². The van der Waals surface area contributed by atoms with Gasteiger partial charge in [0, 0.05) is 15.6 Å². The van der Waals surface area contributed by atoms with Crippen LogP contribution >= 0.6 is 23.2 Å². The first-order chi connectivity index (χ1) is 11.8. The number of ether oxygens (including phenoxy) is 1. The van der Waals surface area contributed by atoms with Gasteiger partial charge in [-0.25, -0.2) is 4.79 Å². The molecule has 1 aromatic carbocycles. The number of benzene rings is 1. The lowest BCUT2D eigenvalue weighted by Gasteiger charge is -2.21. The number of urea groups is 1. The molecule has 1 aromatic rings. The number of esters is 1. The summed E-state index contributed by atoms with van der Waals surface area (Å²) < 4.78 is 5.12. The van der Waals surface area contributed by atoms with Crippen molar-refractivity contribution >= 4 is 41.1 Å². The number of hydrogen-bond acceptors (Lipinski definition) is 4. The van der Waals surface area contributed by atoms with E-state index in [4.69, 9.17) is 27.9 Å². The maximum absolute atomic E-state index is 12.4. The van der Waals surface area contributed by atoms with E-state index in [0.29, 0.717) is 22.0 Å². The van der Waals surface area contributed by atoms with Crippen LogP contribution in [0.25, 0.3) is 0 Å². The van der Waals surface area contributed by atoms with E-state index in [2.05, 4.69) is 5.32 Å². The first-order valence-corrected chi connectivity index (χ1v) is 8.76. The van der Waals surface area contributed by atoms with Crippen LogP contribution < -0.4 is 5.32 Å². The molecule has 25 heavy (non-hydrogen) atoms. The van der Waals surface area contributed by atoms with Gasteiger partial charge in [-0.05, 0) is 25.5 Å². The van der Waals surface area contributed by atoms with Crippen molar-refractivity contribution in [3.8, 4) is 0 Å². The van der Waals surface area contributed by atoms with Crippen LogP contribution in [0.2, 0.25) is 10.0 Å². The molecule has 0 aromatic heterocycles. The lowest BCUT2D eigenvalue weighted by atomic mass is 9.95. The predicted molar refractivity (Wildman–Crippen MR) is 94.4 cm³/mol. The first kappa shape index (κ1) is 19.5. The second-order valence-electron chi connectivity index (χ2n) is 6.15. The van der Waals surface area contributed by atoms with E-state index in [9.17, 15) is 14.4 Å². The number of carbonyl (C=O) groups is 3. The van der Waals surface area contributed by atoms with Gasteiger partial charge in [0.25, 0.3) is 5.91 Å². The average Bonchev–Trinajstić information content (AvgIpc) is 2.76. The highest BCUT2D eigenvalue weighted by molar-refractivity contribution is 6.35. The van der Waals surface area contributed by atoms with Crippen LogP contribution in [0.3, 0.4) is 0 Å². The third-order valence-corrected chi connectivity index (χ3v) is 4.65. The van der Waals surface area contributed by atoms with Crippen molar-refractivity contribution in [1.82, 2.24) is 10.2 Å². The topological polar surface area (TPSA) is 75.7 Å². The Morgan fingerprint density at radius 1 is 1.32 bits per heavy atom. The zero-order chi connectivity index (χ0) is 18.6. The third-order valence-electron chi connectivity index (χ3n) is 4.07. The van der Waals surface area contributed by atoms with Gasteiger partial charge in [-0.1, -0.05) is 49.0 Å². The Balaban J connectivity index is 1.93. The summed E-state index contributed by atoms with van der Waals surface area (Å²) in [6.45, 7) is 3.17. The number of carbonyl (C=O) groups excluding carboxylic acids is 3. The number of nitrogens with zero attached hydrogens (tertiary/aromatic N) is 1. The molecule has 6 nitrogen and oxygen atoms in total. The number of hydrogen-bond donors (Lipinski definition) is 1. The monoisotopic (exact) mass is 386 g/mol. The van der Waals surface area contributed by atoms with E-state index in [1.807, 2.05) is 6.92 Å². The molecular weight excluding hydrogens is 367 g/mol. The van der Waals surface area contributed by atoms with Crippen molar-refractivity contribution in [3.05, 3.63) is 33.8 Å². The summed E-state index contributed by atoms with van der Waals surface area (Å²) >= 11 is 11.8. The molecular formula is C17H20Cl2N2O4. The number of rotatable bonds is 7. The smallest absolute Gasteiger partial charge is 0.326 e. The summed E-state index contributed by atoms with van der Waals surface area (Å²) in [6, 6.07) is 4.24. The molecule has 0 spiro atoms. The summed E-state index contributed by atoms with van der Waals surface area (Å²) in [7, 11) is 0. The molecule has 1 heterocycles. The largest absolute Gasteiger partial charge is 0.459 e. The summed E-state index contributed by atoms with van der Waals surface area (Å²) in [5.41, 5.74) is -0.378. The second-order valence-corrected chi connectivity index (χ2v) is 7.00. The van der Waals surface area contributed by atoms with Gasteiger partial charge in [-0.2, -0.15) is 0 Å². The Hall–Kier alpha value is -1.79. The Morgan fingerprint density at radius 2 is 2.04 bits per heavy atom. The van der Waals surface area contributed by atoms with Gasteiger partial charge in [0.2, 0.25) is 0 Å². The van der Waals surface area contributed by atoms with Gasteiger partial charge >= 0.3 is 12.0 Å². The van der Waals surface area contributed by atoms with Crippen molar-refractivity contribution in [3.63, 3.8) is 0 Å². The molecule has 0 unspecified atom stereocenters.